The molecule has 5 nitrogen and oxygen atoms in total. The largest absolute Gasteiger partial charge is 0.466 e. The highest BCUT2D eigenvalue weighted by atomic mass is 16.6. The van der Waals surface area contributed by atoms with E-state index in [1.165, 1.54) is 13.2 Å². The monoisotopic (exact) mass is 214 g/mol. The Morgan fingerprint density at radius 2 is 1.53 bits per heavy atom. The smallest absolute Gasteiger partial charge is 0.354 e. The number of carbonyl (C=O) groups is 2. The molecule has 0 fully saturated rings. The van der Waals surface area contributed by atoms with E-state index in [4.69, 9.17) is 4.74 Å². The lowest BCUT2D eigenvalue weighted by molar-refractivity contribution is -0.178. The average molecular weight is 214 g/mol. The van der Waals surface area contributed by atoms with Gasteiger partial charge in [0.15, 0.2) is 0 Å². The fourth-order valence-electron chi connectivity index (χ4n) is 1.07. The molecule has 0 heterocycles. The fourth-order valence-corrected chi connectivity index (χ4v) is 1.07. The lowest BCUT2D eigenvalue weighted by atomic mass is 9.94. The third-order valence-electron chi connectivity index (χ3n) is 1.95. The van der Waals surface area contributed by atoms with E-state index in [0.717, 1.165) is 14.2 Å². The topological polar surface area (TPSA) is 61.8 Å². The highest BCUT2D eigenvalue weighted by Gasteiger charge is 2.51. The summed E-state index contributed by atoms with van der Waals surface area (Å²) < 4.78 is 13.8. The summed E-state index contributed by atoms with van der Waals surface area (Å²) in [5, 5.41) is 0. The maximum absolute atomic E-state index is 11.5. The van der Waals surface area contributed by atoms with E-state index < -0.39 is 17.5 Å². The molecule has 0 rings (SSSR count). The molecule has 0 aliphatic heterocycles. The molecule has 0 aliphatic rings. The van der Waals surface area contributed by atoms with Gasteiger partial charge in [-0.2, -0.15) is 0 Å². The van der Waals surface area contributed by atoms with Gasteiger partial charge in [-0.15, -0.1) is 0 Å². The molecule has 15 heavy (non-hydrogen) atoms. The first-order valence-electron chi connectivity index (χ1n) is 4.05. The van der Waals surface area contributed by atoms with Gasteiger partial charge in [-0.1, -0.05) is 19.2 Å². The number of ether oxygens (including phenoxy) is 3. The minimum Gasteiger partial charge on any atom is -0.466 e. The lowest BCUT2D eigenvalue weighted by Gasteiger charge is -2.26. The summed E-state index contributed by atoms with van der Waals surface area (Å²) >= 11 is 0. The molecule has 0 aromatic heterocycles. The Balaban J connectivity index is 5.49. The van der Waals surface area contributed by atoms with Crippen LogP contribution in [0, 0.1) is 0 Å². The van der Waals surface area contributed by atoms with Crippen LogP contribution in [0.1, 0.15) is 0 Å². The van der Waals surface area contributed by atoms with Crippen LogP contribution >= 0.6 is 0 Å². The molecule has 0 saturated carbocycles. The Hall–Kier alpha value is -1.62. The summed E-state index contributed by atoms with van der Waals surface area (Å²) in [7, 11) is 3.45. The molecule has 0 aromatic carbocycles. The fraction of sp³-hybridized carbons (Fsp3) is 0.400. The van der Waals surface area contributed by atoms with E-state index in [2.05, 4.69) is 22.6 Å². The molecule has 0 radical (unpaired) electrons. The second-order valence-corrected chi connectivity index (χ2v) is 2.60. The molecule has 0 aliphatic carbocycles. The van der Waals surface area contributed by atoms with E-state index in [9.17, 15) is 9.59 Å². The Labute approximate surface area is 88.3 Å². The zero-order valence-electron chi connectivity index (χ0n) is 9.03. The molecular weight excluding hydrogens is 200 g/mol. The second-order valence-electron chi connectivity index (χ2n) is 2.60. The van der Waals surface area contributed by atoms with Crippen molar-refractivity contribution in [2.45, 2.75) is 5.60 Å². The molecule has 0 unspecified atom stereocenters. The maximum Gasteiger partial charge on any atom is 0.354 e. The molecule has 0 amide bonds. The van der Waals surface area contributed by atoms with Gasteiger partial charge in [-0.05, 0) is 5.57 Å². The summed E-state index contributed by atoms with van der Waals surface area (Å²) in [5.74, 6) is -1.80. The summed E-state index contributed by atoms with van der Waals surface area (Å²) in [6.07, 6.45) is 1.23. The van der Waals surface area contributed by atoms with Gasteiger partial charge in [-0.3, -0.25) is 0 Å². The normalized spacial score (nSPS) is 10.3. The molecule has 0 atom stereocenters. The van der Waals surface area contributed by atoms with Crippen molar-refractivity contribution in [3.63, 3.8) is 0 Å². The maximum atomic E-state index is 11.5. The molecular formula is C10H14O5. The Morgan fingerprint density at radius 1 is 1.13 bits per heavy atom. The van der Waals surface area contributed by atoms with Gasteiger partial charge in [0.1, 0.15) is 0 Å². The SMILES string of the molecule is C=CC(=C)C(OC)(C(=O)OC)C(=O)OC. The van der Waals surface area contributed by atoms with Gasteiger partial charge in [0.25, 0.3) is 5.60 Å². The van der Waals surface area contributed by atoms with Crippen LogP contribution in [-0.2, 0) is 23.8 Å². The molecule has 0 N–H and O–H groups in total. The van der Waals surface area contributed by atoms with Crippen molar-refractivity contribution in [2.75, 3.05) is 21.3 Å². The van der Waals surface area contributed by atoms with Crippen LogP contribution in [0.5, 0.6) is 0 Å². The van der Waals surface area contributed by atoms with Crippen molar-refractivity contribution in [2.24, 2.45) is 0 Å². The quantitative estimate of drug-likeness (QED) is 0.378. The molecule has 0 bridgehead atoms. The van der Waals surface area contributed by atoms with Crippen LogP contribution in [0.4, 0.5) is 0 Å². The van der Waals surface area contributed by atoms with Crippen molar-refractivity contribution in [1.29, 1.82) is 0 Å². The zero-order chi connectivity index (χ0) is 12.1. The van der Waals surface area contributed by atoms with Crippen LogP contribution in [0.25, 0.3) is 0 Å². The number of rotatable bonds is 5. The Kier molecular flexibility index (Phi) is 4.73. The number of esters is 2. The first-order chi connectivity index (χ1) is 7.00. The van der Waals surface area contributed by atoms with Crippen molar-refractivity contribution >= 4 is 11.9 Å². The van der Waals surface area contributed by atoms with E-state index in [1.807, 2.05) is 0 Å². The number of hydrogen-bond donors (Lipinski definition) is 0. The lowest BCUT2D eigenvalue weighted by Crippen LogP contribution is -2.50. The molecule has 5 heteroatoms. The van der Waals surface area contributed by atoms with Gasteiger partial charge in [0.05, 0.1) is 14.2 Å². The van der Waals surface area contributed by atoms with Crippen molar-refractivity contribution in [3.8, 4) is 0 Å². The zero-order valence-corrected chi connectivity index (χ0v) is 9.03. The van der Waals surface area contributed by atoms with Gasteiger partial charge in [0.2, 0.25) is 0 Å². The average Bonchev–Trinajstić information content (AvgIpc) is 2.29. The predicted molar refractivity (Wildman–Crippen MR) is 53.1 cm³/mol. The second kappa shape index (κ2) is 5.31. The van der Waals surface area contributed by atoms with Gasteiger partial charge in [-0.25, -0.2) is 9.59 Å². The predicted octanol–water partition coefficient (Wildman–Crippen LogP) is 0.460. The van der Waals surface area contributed by atoms with Crippen LogP contribution in [0.3, 0.4) is 0 Å². The van der Waals surface area contributed by atoms with E-state index in [0.29, 0.717) is 0 Å². The van der Waals surface area contributed by atoms with Gasteiger partial charge < -0.3 is 14.2 Å². The Morgan fingerprint density at radius 3 is 1.73 bits per heavy atom. The van der Waals surface area contributed by atoms with Crippen LogP contribution < -0.4 is 0 Å². The molecule has 0 spiro atoms. The number of carbonyl (C=O) groups excluding carboxylic acids is 2. The summed E-state index contributed by atoms with van der Waals surface area (Å²) in [4.78, 5) is 23.0. The summed E-state index contributed by atoms with van der Waals surface area (Å²) in [5.41, 5.74) is -1.91. The van der Waals surface area contributed by atoms with Crippen molar-refractivity contribution < 1.29 is 23.8 Å². The highest BCUT2D eigenvalue weighted by Crippen LogP contribution is 2.24. The molecule has 84 valence electrons. The molecule has 0 saturated heterocycles. The standard InChI is InChI=1S/C10H14O5/c1-6-7(2)10(15-5,8(11)13-3)9(12)14-4/h6H,1-2H2,3-5H3. The molecule has 0 aromatic rings. The highest BCUT2D eigenvalue weighted by molar-refractivity contribution is 6.07. The van der Waals surface area contributed by atoms with Crippen LogP contribution in [-0.4, -0.2) is 38.9 Å². The first kappa shape index (κ1) is 13.4. The van der Waals surface area contributed by atoms with Crippen molar-refractivity contribution in [1.82, 2.24) is 0 Å². The minimum absolute atomic E-state index is 0.0590. The van der Waals surface area contributed by atoms with Crippen LogP contribution in [0.15, 0.2) is 24.8 Å². The van der Waals surface area contributed by atoms with E-state index >= 15 is 0 Å². The van der Waals surface area contributed by atoms with E-state index in [-0.39, 0.29) is 5.57 Å². The van der Waals surface area contributed by atoms with E-state index in [1.54, 1.807) is 0 Å². The Bertz CT molecular complexity index is 276. The minimum atomic E-state index is -1.97. The van der Waals surface area contributed by atoms with Crippen molar-refractivity contribution in [3.05, 3.63) is 24.8 Å². The number of methoxy groups -OCH3 is 3. The third kappa shape index (κ3) is 2.07. The summed E-state index contributed by atoms with van der Waals surface area (Å²) in [6.45, 7) is 6.92. The van der Waals surface area contributed by atoms with Gasteiger partial charge >= 0.3 is 11.9 Å². The summed E-state index contributed by atoms with van der Waals surface area (Å²) in [6, 6.07) is 0. The number of hydrogen-bond acceptors (Lipinski definition) is 5. The van der Waals surface area contributed by atoms with Crippen LogP contribution in [0.2, 0.25) is 0 Å². The third-order valence-corrected chi connectivity index (χ3v) is 1.95. The van der Waals surface area contributed by atoms with Gasteiger partial charge in [0, 0.05) is 7.11 Å². The first-order valence-corrected chi connectivity index (χ1v) is 4.05.